The van der Waals surface area contributed by atoms with Crippen LogP contribution in [0, 0.1) is 13.8 Å². The normalized spacial score (nSPS) is 11.3. The fraction of sp³-hybridized carbons (Fsp3) is 0.250. The fourth-order valence-electron chi connectivity index (χ4n) is 1.88. The number of hydrogen-bond donors (Lipinski definition) is 0. The van der Waals surface area contributed by atoms with Crippen LogP contribution in [0.25, 0.3) is 21.9 Å². The van der Waals surface area contributed by atoms with Crippen LogP contribution < -0.4 is 0 Å². The standard InChI is InChI=1S/C12H11ClN4S/c1-6-7(2)18-12-8(6)9(13)15-10(16-12)11-14-4-5-17(11)3/h4-5H,1-3H3. The van der Waals surface area contributed by atoms with E-state index in [9.17, 15) is 0 Å². The van der Waals surface area contributed by atoms with Gasteiger partial charge in [-0.1, -0.05) is 11.6 Å². The Morgan fingerprint density at radius 2 is 2.06 bits per heavy atom. The molecule has 4 nitrogen and oxygen atoms in total. The molecule has 0 aliphatic heterocycles. The zero-order chi connectivity index (χ0) is 12.9. The molecule has 0 saturated carbocycles. The van der Waals surface area contributed by atoms with E-state index in [0.29, 0.717) is 11.0 Å². The monoisotopic (exact) mass is 278 g/mol. The lowest BCUT2D eigenvalue weighted by molar-refractivity contribution is 0.909. The maximum absolute atomic E-state index is 6.27. The Balaban J connectivity index is 2.31. The molecule has 0 fully saturated rings. The molecule has 0 N–H and O–H groups in total. The van der Waals surface area contributed by atoms with E-state index in [4.69, 9.17) is 11.6 Å². The van der Waals surface area contributed by atoms with Gasteiger partial charge in [-0.05, 0) is 19.4 Å². The van der Waals surface area contributed by atoms with Crippen LogP contribution in [-0.4, -0.2) is 19.5 Å². The van der Waals surface area contributed by atoms with Gasteiger partial charge in [0.1, 0.15) is 9.98 Å². The first-order valence-electron chi connectivity index (χ1n) is 5.49. The van der Waals surface area contributed by atoms with E-state index in [1.807, 2.05) is 24.7 Å². The Labute approximate surface area is 113 Å². The average molecular weight is 279 g/mol. The number of hydrogen-bond acceptors (Lipinski definition) is 4. The number of imidazole rings is 1. The lowest BCUT2D eigenvalue weighted by atomic mass is 10.2. The molecule has 0 unspecified atom stereocenters. The highest BCUT2D eigenvalue weighted by Crippen LogP contribution is 2.34. The van der Waals surface area contributed by atoms with Gasteiger partial charge in [0.05, 0.1) is 5.39 Å². The van der Waals surface area contributed by atoms with Gasteiger partial charge in [-0.15, -0.1) is 11.3 Å². The van der Waals surface area contributed by atoms with Gasteiger partial charge in [0, 0.05) is 24.3 Å². The summed E-state index contributed by atoms with van der Waals surface area (Å²) in [5.41, 5.74) is 1.16. The molecule has 0 saturated heterocycles. The maximum Gasteiger partial charge on any atom is 0.198 e. The van der Waals surface area contributed by atoms with Crippen LogP contribution in [-0.2, 0) is 7.05 Å². The van der Waals surface area contributed by atoms with Gasteiger partial charge in [-0.3, -0.25) is 0 Å². The van der Waals surface area contributed by atoms with Crippen LogP contribution in [0.2, 0.25) is 5.15 Å². The van der Waals surface area contributed by atoms with Crippen LogP contribution >= 0.6 is 22.9 Å². The fourth-order valence-corrected chi connectivity index (χ4v) is 3.28. The van der Waals surface area contributed by atoms with Gasteiger partial charge in [0.15, 0.2) is 11.6 Å². The number of rotatable bonds is 1. The Morgan fingerprint density at radius 3 is 2.72 bits per heavy atom. The molecule has 0 amide bonds. The van der Waals surface area contributed by atoms with E-state index in [1.165, 1.54) is 4.88 Å². The molecule has 18 heavy (non-hydrogen) atoms. The minimum atomic E-state index is 0.500. The van der Waals surface area contributed by atoms with Crippen molar-refractivity contribution in [2.45, 2.75) is 13.8 Å². The van der Waals surface area contributed by atoms with Gasteiger partial charge >= 0.3 is 0 Å². The summed E-state index contributed by atoms with van der Waals surface area (Å²) in [4.78, 5) is 15.3. The summed E-state index contributed by atoms with van der Waals surface area (Å²) in [6, 6.07) is 0. The highest BCUT2D eigenvalue weighted by atomic mass is 35.5. The van der Waals surface area contributed by atoms with E-state index >= 15 is 0 Å². The smallest absolute Gasteiger partial charge is 0.198 e. The summed E-state index contributed by atoms with van der Waals surface area (Å²) in [5, 5.41) is 1.46. The van der Waals surface area contributed by atoms with Crippen molar-refractivity contribution >= 4 is 33.2 Å². The third-order valence-corrected chi connectivity index (χ3v) is 4.38. The first-order chi connectivity index (χ1) is 8.58. The lowest BCUT2D eigenvalue weighted by Gasteiger charge is -2.02. The molecule has 0 bridgehead atoms. The van der Waals surface area contributed by atoms with Crippen molar-refractivity contribution in [3.63, 3.8) is 0 Å². The van der Waals surface area contributed by atoms with Crippen molar-refractivity contribution in [1.29, 1.82) is 0 Å². The third-order valence-electron chi connectivity index (χ3n) is 3.01. The first kappa shape index (κ1) is 11.6. The number of aromatic nitrogens is 4. The predicted molar refractivity (Wildman–Crippen MR) is 74.1 cm³/mol. The molecule has 0 atom stereocenters. The molecule has 3 aromatic rings. The lowest BCUT2D eigenvalue weighted by Crippen LogP contribution is -1.97. The highest BCUT2D eigenvalue weighted by molar-refractivity contribution is 7.18. The zero-order valence-corrected chi connectivity index (χ0v) is 11.8. The quantitative estimate of drug-likeness (QED) is 0.641. The van der Waals surface area contributed by atoms with Crippen LogP contribution in [0.1, 0.15) is 10.4 Å². The van der Waals surface area contributed by atoms with Crippen molar-refractivity contribution < 1.29 is 0 Å². The highest BCUT2D eigenvalue weighted by Gasteiger charge is 2.15. The molecule has 6 heteroatoms. The van der Waals surface area contributed by atoms with E-state index in [1.54, 1.807) is 17.5 Å². The van der Waals surface area contributed by atoms with Gasteiger partial charge in [-0.2, -0.15) is 0 Å². The summed E-state index contributed by atoms with van der Waals surface area (Å²) in [6.45, 7) is 4.11. The van der Waals surface area contributed by atoms with E-state index < -0.39 is 0 Å². The molecule has 0 aliphatic rings. The maximum atomic E-state index is 6.27. The number of fused-ring (bicyclic) bond motifs is 1. The second-order valence-electron chi connectivity index (χ2n) is 4.16. The van der Waals surface area contributed by atoms with Gasteiger partial charge in [0.2, 0.25) is 0 Å². The van der Waals surface area contributed by atoms with E-state index in [0.717, 1.165) is 21.6 Å². The second-order valence-corrected chi connectivity index (χ2v) is 5.72. The van der Waals surface area contributed by atoms with Crippen LogP contribution in [0.4, 0.5) is 0 Å². The summed E-state index contributed by atoms with van der Waals surface area (Å²) < 4.78 is 1.88. The second kappa shape index (κ2) is 4.03. The topological polar surface area (TPSA) is 43.6 Å². The summed E-state index contributed by atoms with van der Waals surface area (Å²) in [7, 11) is 1.91. The molecular weight excluding hydrogens is 268 g/mol. The molecule has 0 spiro atoms. The summed E-state index contributed by atoms with van der Waals surface area (Å²) in [5.74, 6) is 1.30. The number of thiophene rings is 1. The molecule has 3 rings (SSSR count). The Morgan fingerprint density at radius 1 is 1.28 bits per heavy atom. The molecule has 0 radical (unpaired) electrons. The van der Waals surface area contributed by atoms with Crippen molar-refractivity contribution in [2.24, 2.45) is 7.05 Å². The number of halogens is 1. The minimum absolute atomic E-state index is 0.500. The van der Waals surface area contributed by atoms with Crippen LogP contribution in [0.3, 0.4) is 0 Å². The van der Waals surface area contributed by atoms with Crippen LogP contribution in [0.15, 0.2) is 12.4 Å². The van der Waals surface area contributed by atoms with Crippen LogP contribution in [0.5, 0.6) is 0 Å². The minimum Gasteiger partial charge on any atom is -0.331 e. The summed E-state index contributed by atoms with van der Waals surface area (Å²) >= 11 is 7.91. The van der Waals surface area contributed by atoms with Gasteiger partial charge < -0.3 is 4.57 Å². The predicted octanol–water partition coefficient (Wildman–Crippen LogP) is 3.36. The number of nitrogens with zero attached hydrogens (tertiary/aromatic N) is 4. The molecule has 3 aromatic heterocycles. The molecule has 0 aliphatic carbocycles. The SMILES string of the molecule is Cc1sc2nc(-c3nccn3C)nc(Cl)c2c1C. The van der Waals surface area contributed by atoms with Crippen molar-refractivity contribution in [3.8, 4) is 11.6 Å². The molecular formula is C12H11ClN4S. The van der Waals surface area contributed by atoms with E-state index in [2.05, 4.69) is 21.9 Å². The summed E-state index contributed by atoms with van der Waals surface area (Å²) in [6.07, 6.45) is 3.59. The van der Waals surface area contributed by atoms with Crippen molar-refractivity contribution in [1.82, 2.24) is 19.5 Å². The van der Waals surface area contributed by atoms with E-state index in [-0.39, 0.29) is 0 Å². The Bertz CT molecular complexity index is 744. The molecule has 3 heterocycles. The van der Waals surface area contributed by atoms with Gasteiger partial charge in [-0.25, -0.2) is 15.0 Å². The average Bonchev–Trinajstić information content (AvgIpc) is 2.84. The van der Waals surface area contributed by atoms with Gasteiger partial charge in [0.25, 0.3) is 0 Å². The third kappa shape index (κ3) is 1.62. The molecule has 0 aromatic carbocycles. The largest absolute Gasteiger partial charge is 0.331 e. The Hall–Kier alpha value is -1.46. The first-order valence-corrected chi connectivity index (χ1v) is 6.68. The number of aryl methyl sites for hydroxylation is 3. The Kier molecular flexibility index (Phi) is 2.60. The molecule has 92 valence electrons. The van der Waals surface area contributed by atoms with Crippen molar-refractivity contribution in [2.75, 3.05) is 0 Å². The van der Waals surface area contributed by atoms with Crippen molar-refractivity contribution in [3.05, 3.63) is 28.0 Å². The zero-order valence-electron chi connectivity index (χ0n) is 10.2.